The van der Waals surface area contributed by atoms with Gasteiger partial charge in [0, 0.05) is 20.1 Å². The summed E-state index contributed by atoms with van der Waals surface area (Å²) in [5.41, 5.74) is -6.60. The maximum Gasteiger partial charge on any atom is 0.502 e. The maximum absolute atomic E-state index is 13.3. The van der Waals surface area contributed by atoms with Crippen LogP contribution in [0.4, 0.5) is 13.2 Å². The van der Waals surface area contributed by atoms with Gasteiger partial charge in [0.05, 0.1) is 0 Å². The minimum absolute atomic E-state index is 0.0216. The molecule has 146 valence electrons. The molecule has 0 unspecified atom stereocenters. The Labute approximate surface area is 173 Å². The van der Waals surface area contributed by atoms with Crippen molar-refractivity contribution in [1.82, 2.24) is 5.16 Å². The Morgan fingerprint density at radius 2 is 1.43 bits per heavy atom. The Hall–Kier alpha value is -1.98. The zero-order chi connectivity index (χ0) is 20.7. The van der Waals surface area contributed by atoms with Crippen LogP contribution in [-0.4, -0.2) is 24.9 Å². The van der Waals surface area contributed by atoms with Crippen LogP contribution >= 0.6 is 31.9 Å². The first-order chi connectivity index (χ1) is 13.0. The van der Waals surface area contributed by atoms with E-state index in [0.29, 0.717) is 8.95 Å². The van der Waals surface area contributed by atoms with Gasteiger partial charge in [-0.15, -0.1) is 0 Å². The molecule has 0 aliphatic carbocycles. The van der Waals surface area contributed by atoms with Crippen LogP contribution in [0.2, 0.25) is 0 Å². The molecule has 0 saturated carbocycles. The zero-order valence-corrected chi connectivity index (χ0v) is 17.5. The number of alkyl halides is 3. The number of sulfone groups is 1. The van der Waals surface area contributed by atoms with E-state index in [9.17, 15) is 26.4 Å². The smallest absolute Gasteiger partial charge is 0.354 e. The standard InChI is InChI=1S/C17H8Br2F3NO4S/c18-11-5-1-9(2-6-11)14(24)13-16(28(25,26)17(20,21)22)15(27-23-13)10-3-7-12(19)8-4-10/h1-8H. The monoisotopic (exact) mass is 537 g/mol. The van der Waals surface area contributed by atoms with Crippen molar-refractivity contribution in [3.05, 3.63) is 68.7 Å². The minimum Gasteiger partial charge on any atom is -0.354 e. The lowest BCUT2D eigenvalue weighted by Crippen LogP contribution is -2.25. The van der Waals surface area contributed by atoms with Gasteiger partial charge in [0.25, 0.3) is 9.84 Å². The molecule has 0 atom stereocenters. The lowest BCUT2D eigenvalue weighted by Gasteiger charge is -2.09. The molecule has 3 aromatic rings. The van der Waals surface area contributed by atoms with Crippen molar-refractivity contribution in [3.8, 4) is 11.3 Å². The molecule has 2 aromatic carbocycles. The highest BCUT2D eigenvalue weighted by Crippen LogP contribution is 2.39. The van der Waals surface area contributed by atoms with Gasteiger partial charge in [0.1, 0.15) is 0 Å². The number of benzene rings is 2. The summed E-state index contributed by atoms with van der Waals surface area (Å²) in [6.07, 6.45) is 0. The fraction of sp³-hybridized carbons (Fsp3) is 0.0588. The Bertz CT molecular complexity index is 1140. The predicted octanol–water partition coefficient (Wildman–Crippen LogP) is 5.39. The number of hydrogen-bond acceptors (Lipinski definition) is 5. The van der Waals surface area contributed by atoms with Crippen LogP contribution in [-0.2, 0) is 9.84 Å². The van der Waals surface area contributed by atoms with E-state index >= 15 is 0 Å². The van der Waals surface area contributed by atoms with Crippen molar-refractivity contribution < 1.29 is 30.9 Å². The number of carbonyl (C=O) groups excluding carboxylic acids is 1. The molecule has 3 rings (SSSR count). The molecule has 1 aromatic heterocycles. The average Bonchev–Trinajstić information content (AvgIpc) is 3.07. The summed E-state index contributed by atoms with van der Waals surface area (Å²) in [5, 5.41) is 3.37. The fourth-order valence-electron chi connectivity index (χ4n) is 2.31. The summed E-state index contributed by atoms with van der Waals surface area (Å²) < 4.78 is 70.3. The number of halogens is 5. The van der Waals surface area contributed by atoms with Crippen LogP contribution in [0, 0.1) is 0 Å². The highest BCUT2D eigenvalue weighted by Gasteiger charge is 2.52. The first kappa shape index (κ1) is 20.7. The fourth-order valence-corrected chi connectivity index (χ4v) is 3.86. The molecule has 0 saturated heterocycles. The van der Waals surface area contributed by atoms with Crippen molar-refractivity contribution in [2.75, 3.05) is 0 Å². The quantitative estimate of drug-likeness (QED) is 0.416. The first-order valence-electron chi connectivity index (χ1n) is 7.39. The number of nitrogens with zero attached hydrogens (tertiary/aromatic N) is 1. The third-order valence-corrected chi connectivity index (χ3v) is 6.23. The van der Waals surface area contributed by atoms with Crippen LogP contribution in [0.3, 0.4) is 0 Å². The first-order valence-corrected chi connectivity index (χ1v) is 10.5. The Kier molecular flexibility index (Phi) is 5.52. The van der Waals surface area contributed by atoms with Gasteiger partial charge in [-0.1, -0.05) is 37.0 Å². The molecule has 0 aliphatic rings. The van der Waals surface area contributed by atoms with Gasteiger partial charge >= 0.3 is 5.51 Å². The molecular weight excluding hydrogens is 531 g/mol. The second kappa shape index (κ2) is 7.45. The van der Waals surface area contributed by atoms with Crippen molar-refractivity contribution in [2.45, 2.75) is 10.4 Å². The van der Waals surface area contributed by atoms with Crippen molar-refractivity contribution in [3.63, 3.8) is 0 Å². The largest absolute Gasteiger partial charge is 0.502 e. The van der Waals surface area contributed by atoms with Crippen LogP contribution < -0.4 is 0 Å². The molecule has 1 heterocycles. The SMILES string of the molecule is O=C(c1ccc(Br)cc1)c1noc(-c2ccc(Br)cc2)c1S(=O)(=O)C(F)(F)F. The number of rotatable bonds is 4. The van der Waals surface area contributed by atoms with E-state index < -0.39 is 37.5 Å². The second-order valence-corrected chi connectivity index (χ2v) is 9.19. The maximum atomic E-state index is 13.3. The number of hydrogen-bond donors (Lipinski definition) is 0. The molecule has 0 radical (unpaired) electrons. The molecule has 0 N–H and O–H groups in total. The topological polar surface area (TPSA) is 77.2 Å². The van der Waals surface area contributed by atoms with Crippen LogP contribution in [0.1, 0.15) is 16.1 Å². The number of ketones is 1. The molecular formula is C17H8Br2F3NO4S. The van der Waals surface area contributed by atoms with E-state index in [-0.39, 0.29) is 11.1 Å². The van der Waals surface area contributed by atoms with Crippen LogP contribution in [0.15, 0.2) is 66.9 Å². The van der Waals surface area contributed by atoms with E-state index in [2.05, 4.69) is 37.0 Å². The average molecular weight is 539 g/mol. The molecule has 0 bridgehead atoms. The lowest BCUT2D eigenvalue weighted by atomic mass is 10.1. The lowest BCUT2D eigenvalue weighted by molar-refractivity contribution is -0.0436. The third-order valence-electron chi connectivity index (χ3n) is 3.65. The molecule has 0 fully saturated rings. The number of carbonyl (C=O) groups is 1. The second-order valence-electron chi connectivity index (χ2n) is 5.48. The van der Waals surface area contributed by atoms with Crippen molar-refractivity contribution >= 4 is 47.5 Å². The van der Waals surface area contributed by atoms with Crippen molar-refractivity contribution in [1.29, 1.82) is 0 Å². The van der Waals surface area contributed by atoms with Gasteiger partial charge in [-0.05, 0) is 48.5 Å². The van der Waals surface area contributed by atoms with E-state index in [0.717, 1.165) is 0 Å². The van der Waals surface area contributed by atoms with Crippen LogP contribution in [0.25, 0.3) is 11.3 Å². The highest BCUT2D eigenvalue weighted by atomic mass is 79.9. The summed E-state index contributed by atoms with van der Waals surface area (Å²) in [6, 6.07) is 11.3. The molecule has 5 nitrogen and oxygen atoms in total. The molecule has 0 aliphatic heterocycles. The van der Waals surface area contributed by atoms with Gasteiger partial charge in [-0.2, -0.15) is 13.2 Å². The highest BCUT2D eigenvalue weighted by molar-refractivity contribution is 9.10. The zero-order valence-electron chi connectivity index (χ0n) is 13.5. The third kappa shape index (κ3) is 3.78. The van der Waals surface area contributed by atoms with Gasteiger partial charge in [-0.3, -0.25) is 4.79 Å². The number of aromatic nitrogens is 1. The summed E-state index contributed by atoms with van der Waals surface area (Å²) in [6.45, 7) is 0. The summed E-state index contributed by atoms with van der Waals surface area (Å²) in [7, 11) is -5.91. The Morgan fingerprint density at radius 1 is 0.929 bits per heavy atom. The molecule has 0 spiro atoms. The summed E-state index contributed by atoms with van der Waals surface area (Å²) in [5.74, 6) is -1.67. The van der Waals surface area contributed by atoms with Gasteiger partial charge < -0.3 is 4.52 Å². The van der Waals surface area contributed by atoms with Gasteiger partial charge in [-0.25, -0.2) is 8.42 Å². The summed E-state index contributed by atoms with van der Waals surface area (Å²) >= 11 is 6.34. The normalized spacial score (nSPS) is 12.2. The van der Waals surface area contributed by atoms with E-state index in [1.54, 1.807) is 0 Å². The Morgan fingerprint density at radius 3 is 1.93 bits per heavy atom. The van der Waals surface area contributed by atoms with Gasteiger partial charge in [0.15, 0.2) is 16.3 Å². The van der Waals surface area contributed by atoms with Crippen molar-refractivity contribution in [2.24, 2.45) is 0 Å². The minimum atomic E-state index is -5.91. The van der Waals surface area contributed by atoms with Gasteiger partial charge in [0.2, 0.25) is 5.78 Å². The molecule has 28 heavy (non-hydrogen) atoms. The van der Waals surface area contributed by atoms with E-state index in [1.165, 1.54) is 48.5 Å². The molecule has 11 heteroatoms. The van der Waals surface area contributed by atoms with E-state index in [1.807, 2.05) is 0 Å². The Balaban J connectivity index is 2.25. The predicted molar refractivity (Wildman–Crippen MR) is 100 cm³/mol. The van der Waals surface area contributed by atoms with Crippen LogP contribution in [0.5, 0.6) is 0 Å². The molecule has 0 amide bonds. The summed E-state index contributed by atoms with van der Waals surface area (Å²) in [4.78, 5) is 11.4. The van der Waals surface area contributed by atoms with E-state index in [4.69, 9.17) is 4.52 Å².